The number of nitrogens with zero attached hydrogens (tertiary/aromatic N) is 1. The number of carbonyl (C=O) groups is 1. The average Bonchev–Trinajstić information content (AvgIpc) is 1.68. The number of alkyl halides is 1. The predicted molar refractivity (Wildman–Crippen MR) is 21.2 cm³/mol. The Morgan fingerprint density at radius 2 is 2.43 bits per heavy atom. The highest BCUT2D eigenvalue weighted by molar-refractivity contribution is 5.81. The second-order valence-electron chi connectivity index (χ2n) is 1.01. The van der Waals surface area contributed by atoms with Gasteiger partial charge in [-0.3, -0.25) is 4.79 Å². The molecule has 0 aromatic carbocycles. The van der Waals surface area contributed by atoms with Crippen molar-refractivity contribution in [1.82, 2.24) is 0 Å². The summed E-state index contributed by atoms with van der Waals surface area (Å²) < 4.78 is 11.1. The van der Waals surface area contributed by atoms with Crippen molar-refractivity contribution in [2.24, 2.45) is 0 Å². The molecule has 0 fully saturated rings. The number of carbonyl (C=O) groups excluding carboxylic acids is 1. The highest BCUT2D eigenvalue weighted by Gasteiger charge is 1.94. The third-order valence-electron chi connectivity index (χ3n) is 0.425. The monoisotopic (exact) mass is 101 g/mol. The zero-order valence-corrected chi connectivity index (χ0v) is 3.65. The molecule has 0 spiro atoms. The molecule has 0 aliphatic carbocycles. The first-order valence-corrected chi connectivity index (χ1v) is 1.76. The van der Waals surface area contributed by atoms with Crippen LogP contribution in [-0.2, 0) is 4.79 Å². The SMILES string of the molecule is N#CCC(=O)CF. The van der Waals surface area contributed by atoms with Crippen LogP contribution >= 0.6 is 0 Å². The van der Waals surface area contributed by atoms with E-state index >= 15 is 0 Å². The highest BCUT2D eigenvalue weighted by atomic mass is 19.1. The van der Waals surface area contributed by atoms with Crippen LogP contribution in [0.4, 0.5) is 4.39 Å². The Labute approximate surface area is 40.6 Å². The molecule has 38 valence electrons. The van der Waals surface area contributed by atoms with Crippen LogP contribution in [0.25, 0.3) is 0 Å². The van der Waals surface area contributed by atoms with Gasteiger partial charge in [0.2, 0.25) is 0 Å². The first-order chi connectivity index (χ1) is 3.31. The Bertz CT molecular complexity index is 105. The summed E-state index contributed by atoms with van der Waals surface area (Å²) >= 11 is 0. The quantitative estimate of drug-likeness (QED) is 0.506. The molecule has 0 aromatic heterocycles. The maximum absolute atomic E-state index is 11.1. The summed E-state index contributed by atoms with van der Waals surface area (Å²) in [6.45, 7) is -1.02. The van der Waals surface area contributed by atoms with Crippen molar-refractivity contribution >= 4 is 5.78 Å². The van der Waals surface area contributed by atoms with Crippen LogP contribution in [0.2, 0.25) is 0 Å². The van der Waals surface area contributed by atoms with Crippen LogP contribution in [0.15, 0.2) is 0 Å². The Morgan fingerprint density at radius 3 is 2.57 bits per heavy atom. The molecule has 0 atom stereocenters. The summed E-state index contributed by atoms with van der Waals surface area (Å²) in [6, 6.07) is 1.53. The molecule has 0 saturated carbocycles. The molecule has 0 aliphatic heterocycles. The van der Waals surface area contributed by atoms with Gasteiger partial charge in [-0.1, -0.05) is 0 Å². The fourth-order valence-corrected chi connectivity index (χ4v) is 0.135. The summed E-state index contributed by atoms with van der Waals surface area (Å²) in [7, 11) is 0. The number of hydrogen-bond acceptors (Lipinski definition) is 2. The molecule has 0 unspecified atom stereocenters. The van der Waals surface area contributed by atoms with Crippen LogP contribution in [0.5, 0.6) is 0 Å². The van der Waals surface area contributed by atoms with Crippen molar-refractivity contribution in [3.05, 3.63) is 0 Å². The van der Waals surface area contributed by atoms with Gasteiger partial charge in [-0.2, -0.15) is 5.26 Å². The van der Waals surface area contributed by atoms with E-state index in [4.69, 9.17) is 5.26 Å². The second-order valence-corrected chi connectivity index (χ2v) is 1.01. The third-order valence-corrected chi connectivity index (χ3v) is 0.425. The summed E-state index contributed by atoms with van der Waals surface area (Å²) in [5.74, 6) is -0.650. The van der Waals surface area contributed by atoms with Gasteiger partial charge in [-0.05, 0) is 0 Å². The lowest BCUT2D eigenvalue weighted by Gasteiger charge is -1.76. The summed E-state index contributed by atoms with van der Waals surface area (Å²) in [4.78, 5) is 9.81. The van der Waals surface area contributed by atoms with E-state index in [0.717, 1.165) is 0 Å². The van der Waals surface area contributed by atoms with Crippen molar-refractivity contribution in [2.75, 3.05) is 6.67 Å². The zero-order valence-electron chi connectivity index (χ0n) is 3.65. The minimum atomic E-state index is -1.02. The van der Waals surface area contributed by atoms with Crippen molar-refractivity contribution in [1.29, 1.82) is 5.26 Å². The first-order valence-electron chi connectivity index (χ1n) is 1.76. The van der Waals surface area contributed by atoms with E-state index in [-0.39, 0.29) is 6.42 Å². The maximum atomic E-state index is 11.1. The molecule has 0 rings (SSSR count). The van der Waals surface area contributed by atoms with E-state index in [1.54, 1.807) is 0 Å². The standard InChI is InChI=1S/C4H4FNO/c5-3-4(7)1-2-6/h1,3H2. The van der Waals surface area contributed by atoms with Crippen LogP contribution in [0, 0.1) is 11.3 Å². The number of halogens is 1. The van der Waals surface area contributed by atoms with Crippen molar-refractivity contribution in [2.45, 2.75) is 6.42 Å². The number of rotatable bonds is 2. The summed E-state index contributed by atoms with van der Waals surface area (Å²) in [5, 5.41) is 7.73. The smallest absolute Gasteiger partial charge is 0.177 e. The Balaban J connectivity index is 3.23. The van der Waals surface area contributed by atoms with E-state index in [9.17, 15) is 9.18 Å². The fraction of sp³-hybridized carbons (Fsp3) is 0.500. The molecule has 7 heavy (non-hydrogen) atoms. The lowest BCUT2D eigenvalue weighted by molar-refractivity contribution is -0.118. The molecule has 3 heteroatoms. The van der Waals surface area contributed by atoms with Gasteiger partial charge in [-0.15, -0.1) is 0 Å². The van der Waals surface area contributed by atoms with Gasteiger partial charge in [0.25, 0.3) is 0 Å². The van der Waals surface area contributed by atoms with E-state index in [1.807, 2.05) is 0 Å². The molecule has 0 amide bonds. The van der Waals surface area contributed by atoms with Crippen molar-refractivity contribution in [3.63, 3.8) is 0 Å². The molecular weight excluding hydrogens is 97.0 g/mol. The lowest BCUT2D eigenvalue weighted by atomic mass is 10.3. The minimum absolute atomic E-state index is 0.309. The lowest BCUT2D eigenvalue weighted by Crippen LogP contribution is -1.95. The maximum Gasteiger partial charge on any atom is 0.177 e. The number of nitriles is 1. The van der Waals surface area contributed by atoms with Crippen molar-refractivity contribution < 1.29 is 9.18 Å². The van der Waals surface area contributed by atoms with Gasteiger partial charge in [0.05, 0.1) is 12.5 Å². The van der Waals surface area contributed by atoms with E-state index < -0.39 is 12.5 Å². The van der Waals surface area contributed by atoms with E-state index in [0.29, 0.717) is 0 Å². The molecule has 0 radical (unpaired) electrons. The summed E-state index contributed by atoms with van der Waals surface area (Å²) in [5.41, 5.74) is 0. The van der Waals surface area contributed by atoms with Crippen LogP contribution in [0.1, 0.15) is 6.42 Å². The van der Waals surface area contributed by atoms with Gasteiger partial charge < -0.3 is 0 Å². The topological polar surface area (TPSA) is 40.9 Å². The van der Waals surface area contributed by atoms with Crippen molar-refractivity contribution in [3.8, 4) is 6.07 Å². The Hall–Kier alpha value is -0.910. The normalized spacial score (nSPS) is 7.43. The molecular formula is C4H4FNO. The largest absolute Gasteiger partial charge is 0.296 e. The molecule has 0 bridgehead atoms. The molecule has 2 nitrogen and oxygen atoms in total. The highest BCUT2D eigenvalue weighted by Crippen LogP contribution is 1.78. The van der Waals surface area contributed by atoms with E-state index in [2.05, 4.69) is 0 Å². The number of Topliss-reactive ketones (excluding diaryl/α,β-unsaturated/α-hetero) is 1. The van der Waals surface area contributed by atoms with Gasteiger partial charge >= 0.3 is 0 Å². The summed E-state index contributed by atoms with van der Waals surface area (Å²) in [6.07, 6.45) is -0.309. The van der Waals surface area contributed by atoms with Gasteiger partial charge in [0.1, 0.15) is 6.67 Å². The number of ketones is 1. The van der Waals surface area contributed by atoms with Crippen LogP contribution < -0.4 is 0 Å². The van der Waals surface area contributed by atoms with Gasteiger partial charge in [0, 0.05) is 0 Å². The van der Waals surface area contributed by atoms with E-state index in [1.165, 1.54) is 6.07 Å². The van der Waals surface area contributed by atoms with Crippen LogP contribution in [-0.4, -0.2) is 12.5 Å². The zero-order chi connectivity index (χ0) is 5.70. The Morgan fingerprint density at radius 1 is 1.86 bits per heavy atom. The molecule has 0 saturated heterocycles. The minimum Gasteiger partial charge on any atom is -0.296 e. The Kier molecular flexibility index (Phi) is 2.86. The first kappa shape index (κ1) is 6.09. The fourth-order valence-electron chi connectivity index (χ4n) is 0.135. The van der Waals surface area contributed by atoms with Gasteiger partial charge in [0.15, 0.2) is 5.78 Å². The number of hydrogen-bond donors (Lipinski definition) is 0. The third kappa shape index (κ3) is 2.91. The molecule has 0 N–H and O–H groups in total. The van der Waals surface area contributed by atoms with Crippen LogP contribution in [0.3, 0.4) is 0 Å². The molecule has 0 heterocycles. The average molecular weight is 101 g/mol. The molecule has 0 aromatic rings. The molecule has 0 aliphatic rings. The van der Waals surface area contributed by atoms with Gasteiger partial charge in [-0.25, -0.2) is 4.39 Å². The second kappa shape index (κ2) is 3.29. The predicted octanol–water partition coefficient (Wildman–Crippen LogP) is 0.439.